The summed E-state index contributed by atoms with van der Waals surface area (Å²) in [5, 5.41) is 10.4. The van der Waals surface area contributed by atoms with Crippen LogP contribution in [0, 0.1) is 0 Å². The molecule has 1 saturated heterocycles. The van der Waals surface area contributed by atoms with Crippen molar-refractivity contribution in [3.05, 3.63) is 34.3 Å². The smallest absolute Gasteiger partial charge is 0.315 e. The molecule has 2 atom stereocenters. The maximum atomic E-state index is 12.6. The van der Waals surface area contributed by atoms with E-state index in [2.05, 4.69) is 15.7 Å². The molecular formula is C16H20Cl2N6O2. The number of aryl methyl sites for hydroxylation is 1. The van der Waals surface area contributed by atoms with Gasteiger partial charge in [-0.25, -0.2) is 4.79 Å². The predicted octanol–water partition coefficient (Wildman–Crippen LogP) is 2.06. The second-order valence-corrected chi connectivity index (χ2v) is 7.14. The highest BCUT2D eigenvalue weighted by Gasteiger charge is 2.39. The summed E-state index contributed by atoms with van der Waals surface area (Å²) in [4.78, 5) is 26.5. The van der Waals surface area contributed by atoms with Gasteiger partial charge in [0.1, 0.15) is 11.2 Å². The molecule has 2 aromatic rings. The molecule has 3 amide bonds. The first-order valence-electron chi connectivity index (χ1n) is 8.13. The van der Waals surface area contributed by atoms with E-state index in [0.717, 1.165) is 11.4 Å². The van der Waals surface area contributed by atoms with Gasteiger partial charge in [-0.15, -0.1) is 0 Å². The topological polar surface area (TPSA) is 84.2 Å². The minimum atomic E-state index is -0.578. The number of anilines is 1. The van der Waals surface area contributed by atoms with E-state index in [9.17, 15) is 9.59 Å². The maximum absolute atomic E-state index is 12.6. The molecule has 0 radical (unpaired) electrons. The Morgan fingerprint density at radius 2 is 2.12 bits per heavy atom. The standard InChI is InChI=1S/C16H20Cl2N6O2/c1-9-4-13(15(25)24(9)11-7-20-22(2)8-11)21-16(26)19-6-10-5-12(17)14(18)23(10)3/h5,7-9,13H,4,6H2,1-3H3,(H2,19,21,26). The van der Waals surface area contributed by atoms with Crippen LogP contribution in [0.25, 0.3) is 0 Å². The molecule has 0 saturated carbocycles. The summed E-state index contributed by atoms with van der Waals surface area (Å²) in [7, 11) is 3.55. The predicted molar refractivity (Wildman–Crippen MR) is 99.4 cm³/mol. The summed E-state index contributed by atoms with van der Waals surface area (Å²) in [6.45, 7) is 2.19. The van der Waals surface area contributed by atoms with Crippen LogP contribution in [0.2, 0.25) is 10.2 Å². The Kier molecular flexibility index (Phi) is 5.15. The molecular weight excluding hydrogens is 379 g/mol. The molecule has 0 spiro atoms. The number of nitrogens with zero attached hydrogens (tertiary/aromatic N) is 4. The van der Waals surface area contributed by atoms with Crippen LogP contribution in [0.3, 0.4) is 0 Å². The van der Waals surface area contributed by atoms with Gasteiger partial charge in [-0.3, -0.25) is 9.48 Å². The van der Waals surface area contributed by atoms with E-state index in [1.807, 2.05) is 6.92 Å². The fourth-order valence-electron chi connectivity index (χ4n) is 3.11. The van der Waals surface area contributed by atoms with Crippen LogP contribution >= 0.6 is 23.2 Å². The number of carbonyl (C=O) groups is 2. The fraction of sp³-hybridized carbons (Fsp3) is 0.438. The normalized spacial score (nSPS) is 19.9. The number of nitrogens with one attached hydrogen (secondary N) is 2. The minimum absolute atomic E-state index is 0.0255. The zero-order valence-electron chi connectivity index (χ0n) is 14.7. The third-order valence-electron chi connectivity index (χ3n) is 4.47. The van der Waals surface area contributed by atoms with Gasteiger partial charge in [-0.1, -0.05) is 23.2 Å². The van der Waals surface area contributed by atoms with Crippen LogP contribution in [-0.2, 0) is 25.4 Å². The number of urea groups is 1. The second-order valence-electron chi connectivity index (χ2n) is 6.38. The third-order valence-corrected chi connectivity index (χ3v) is 5.32. The molecule has 2 N–H and O–H groups in total. The van der Waals surface area contributed by atoms with Crippen LogP contribution in [-0.4, -0.2) is 38.4 Å². The van der Waals surface area contributed by atoms with E-state index in [0.29, 0.717) is 16.6 Å². The third kappa shape index (κ3) is 3.52. The first-order chi connectivity index (χ1) is 12.3. The summed E-state index contributed by atoms with van der Waals surface area (Å²) >= 11 is 12.0. The lowest BCUT2D eigenvalue weighted by Gasteiger charge is -2.19. The summed E-state index contributed by atoms with van der Waals surface area (Å²) in [6.07, 6.45) is 3.95. The minimum Gasteiger partial charge on any atom is -0.336 e. The molecule has 10 heteroatoms. The van der Waals surface area contributed by atoms with E-state index < -0.39 is 12.1 Å². The largest absolute Gasteiger partial charge is 0.336 e. The highest BCUT2D eigenvalue weighted by Crippen LogP contribution is 2.26. The molecule has 0 aromatic carbocycles. The summed E-state index contributed by atoms with van der Waals surface area (Å²) in [5.41, 5.74) is 1.49. The Hall–Kier alpha value is -2.19. The van der Waals surface area contributed by atoms with E-state index >= 15 is 0 Å². The van der Waals surface area contributed by atoms with Crippen LogP contribution < -0.4 is 15.5 Å². The number of hydrogen-bond donors (Lipinski definition) is 2. The summed E-state index contributed by atoms with van der Waals surface area (Å²) in [6, 6.07) is 0.669. The second kappa shape index (κ2) is 7.20. The first kappa shape index (κ1) is 18.6. The van der Waals surface area contributed by atoms with Crippen molar-refractivity contribution >= 4 is 40.8 Å². The van der Waals surface area contributed by atoms with E-state index in [1.165, 1.54) is 0 Å². The SMILES string of the molecule is CC1CC(NC(=O)NCc2cc(Cl)c(Cl)n2C)C(=O)N1c1cnn(C)c1. The Labute approximate surface area is 161 Å². The van der Waals surface area contributed by atoms with Gasteiger partial charge in [0.25, 0.3) is 0 Å². The van der Waals surface area contributed by atoms with Crippen molar-refractivity contribution in [2.24, 2.45) is 14.1 Å². The Morgan fingerprint density at radius 1 is 1.38 bits per heavy atom. The molecule has 1 fully saturated rings. The van der Waals surface area contributed by atoms with Gasteiger partial charge in [0.2, 0.25) is 5.91 Å². The Balaban J connectivity index is 1.59. The summed E-state index contributed by atoms with van der Waals surface area (Å²) < 4.78 is 3.33. The van der Waals surface area contributed by atoms with Crippen LogP contribution in [0.1, 0.15) is 19.0 Å². The van der Waals surface area contributed by atoms with Gasteiger partial charge < -0.3 is 20.1 Å². The monoisotopic (exact) mass is 398 g/mol. The van der Waals surface area contributed by atoms with Crippen molar-refractivity contribution in [1.82, 2.24) is 25.0 Å². The van der Waals surface area contributed by atoms with Crippen molar-refractivity contribution in [2.75, 3.05) is 4.90 Å². The number of carbonyl (C=O) groups excluding carboxylic acids is 2. The average molecular weight is 399 g/mol. The van der Waals surface area contributed by atoms with Crippen LogP contribution in [0.5, 0.6) is 0 Å². The Bertz CT molecular complexity index is 846. The highest BCUT2D eigenvalue weighted by molar-refractivity contribution is 6.41. The first-order valence-corrected chi connectivity index (χ1v) is 8.89. The van der Waals surface area contributed by atoms with Crippen LogP contribution in [0.4, 0.5) is 10.5 Å². The quantitative estimate of drug-likeness (QED) is 0.826. The Morgan fingerprint density at radius 3 is 2.69 bits per heavy atom. The molecule has 2 aromatic heterocycles. The number of hydrogen-bond acceptors (Lipinski definition) is 3. The van der Waals surface area contributed by atoms with Crippen molar-refractivity contribution in [1.29, 1.82) is 0 Å². The molecule has 26 heavy (non-hydrogen) atoms. The lowest BCUT2D eigenvalue weighted by atomic mass is 10.2. The van der Waals surface area contributed by atoms with Gasteiger partial charge in [0, 0.05) is 32.0 Å². The van der Waals surface area contributed by atoms with Gasteiger partial charge in [0.15, 0.2) is 0 Å². The number of aromatic nitrogens is 3. The van der Waals surface area contributed by atoms with Crippen molar-refractivity contribution in [3.63, 3.8) is 0 Å². The lowest BCUT2D eigenvalue weighted by molar-refractivity contribution is -0.118. The van der Waals surface area contributed by atoms with Crippen molar-refractivity contribution < 1.29 is 9.59 Å². The maximum Gasteiger partial charge on any atom is 0.315 e. The van der Waals surface area contributed by atoms with Gasteiger partial charge in [-0.2, -0.15) is 5.10 Å². The molecule has 0 aliphatic carbocycles. The highest BCUT2D eigenvalue weighted by atomic mass is 35.5. The average Bonchev–Trinajstić information content (AvgIpc) is 3.19. The molecule has 140 valence electrons. The number of amides is 3. The fourth-order valence-corrected chi connectivity index (χ4v) is 3.52. The van der Waals surface area contributed by atoms with E-state index in [4.69, 9.17) is 23.2 Å². The number of halogens is 2. The zero-order valence-corrected chi connectivity index (χ0v) is 16.2. The van der Waals surface area contributed by atoms with Crippen LogP contribution in [0.15, 0.2) is 18.5 Å². The zero-order chi connectivity index (χ0) is 19.0. The summed E-state index contributed by atoms with van der Waals surface area (Å²) in [5.74, 6) is -0.148. The number of rotatable bonds is 4. The molecule has 2 unspecified atom stereocenters. The molecule has 1 aliphatic heterocycles. The van der Waals surface area contributed by atoms with Crippen molar-refractivity contribution in [3.8, 4) is 0 Å². The molecule has 1 aliphatic rings. The van der Waals surface area contributed by atoms with Gasteiger partial charge >= 0.3 is 6.03 Å². The molecule has 3 rings (SSSR count). The lowest BCUT2D eigenvalue weighted by Crippen LogP contribution is -2.46. The van der Waals surface area contributed by atoms with E-state index in [1.54, 1.807) is 46.7 Å². The molecule has 3 heterocycles. The molecule has 8 nitrogen and oxygen atoms in total. The molecule has 0 bridgehead atoms. The van der Waals surface area contributed by atoms with Crippen molar-refractivity contribution in [2.45, 2.75) is 32.0 Å². The van der Waals surface area contributed by atoms with Gasteiger partial charge in [0.05, 0.1) is 23.5 Å². The van der Waals surface area contributed by atoms with Gasteiger partial charge in [-0.05, 0) is 19.4 Å². The van der Waals surface area contributed by atoms with E-state index in [-0.39, 0.29) is 18.5 Å².